The van der Waals surface area contributed by atoms with Crippen molar-refractivity contribution in [1.29, 1.82) is 5.26 Å². The number of carbonyl (C=O) groups is 1. The highest BCUT2D eigenvalue weighted by atomic mass is 32.2. The van der Waals surface area contributed by atoms with Crippen molar-refractivity contribution in [3.63, 3.8) is 0 Å². The highest BCUT2D eigenvalue weighted by Gasteiger charge is 2.25. The Kier molecular flexibility index (Phi) is 6.29. The molecule has 0 atom stereocenters. The van der Waals surface area contributed by atoms with Gasteiger partial charge in [0.2, 0.25) is 10.0 Å². The molecule has 0 radical (unpaired) electrons. The van der Waals surface area contributed by atoms with Crippen molar-refractivity contribution in [2.24, 2.45) is 0 Å². The normalized spacial score (nSPS) is 14.8. The van der Waals surface area contributed by atoms with Gasteiger partial charge in [0.05, 0.1) is 16.5 Å². The Morgan fingerprint density at radius 3 is 2.50 bits per heavy atom. The number of carbonyl (C=O) groups excluding carboxylic acids is 1. The summed E-state index contributed by atoms with van der Waals surface area (Å²) in [5.74, 6) is 0.0265. The van der Waals surface area contributed by atoms with Gasteiger partial charge >= 0.3 is 0 Å². The Labute approximate surface area is 164 Å². The molecule has 0 unspecified atom stereocenters. The Morgan fingerprint density at radius 2 is 1.82 bits per heavy atom. The van der Waals surface area contributed by atoms with Gasteiger partial charge in [0, 0.05) is 18.8 Å². The molecule has 1 heterocycles. The molecule has 1 saturated heterocycles. The van der Waals surface area contributed by atoms with Crippen LogP contribution in [0.4, 0.5) is 5.69 Å². The van der Waals surface area contributed by atoms with E-state index in [0.29, 0.717) is 30.1 Å². The minimum atomic E-state index is -3.49. The fourth-order valence-corrected chi connectivity index (χ4v) is 4.49. The summed E-state index contributed by atoms with van der Waals surface area (Å²) >= 11 is 0. The Morgan fingerprint density at radius 1 is 1.11 bits per heavy atom. The minimum absolute atomic E-state index is 0.222. The van der Waals surface area contributed by atoms with Crippen LogP contribution >= 0.6 is 0 Å². The van der Waals surface area contributed by atoms with Gasteiger partial charge in [0.25, 0.3) is 5.91 Å². The maximum absolute atomic E-state index is 12.6. The molecule has 8 heteroatoms. The van der Waals surface area contributed by atoms with Gasteiger partial charge in [-0.15, -0.1) is 0 Å². The average Bonchev–Trinajstić information content (AvgIpc) is 2.73. The number of nitrogens with one attached hydrogen (secondary N) is 1. The van der Waals surface area contributed by atoms with Crippen molar-refractivity contribution in [3.05, 3.63) is 54.1 Å². The van der Waals surface area contributed by atoms with Crippen LogP contribution in [0.15, 0.2) is 53.4 Å². The van der Waals surface area contributed by atoms with Crippen LogP contribution in [0, 0.1) is 11.3 Å². The average molecular weight is 399 g/mol. The molecule has 28 heavy (non-hydrogen) atoms. The molecule has 0 spiro atoms. The van der Waals surface area contributed by atoms with Crippen molar-refractivity contribution >= 4 is 21.6 Å². The highest BCUT2D eigenvalue weighted by Crippen LogP contribution is 2.22. The monoisotopic (exact) mass is 399 g/mol. The molecule has 1 fully saturated rings. The molecule has 1 N–H and O–H groups in total. The smallest absolute Gasteiger partial charge is 0.262 e. The number of ether oxygens (including phenoxy) is 1. The van der Waals surface area contributed by atoms with E-state index in [2.05, 4.69) is 5.32 Å². The Hall–Kier alpha value is -2.89. The lowest BCUT2D eigenvalue weighted by Gasteiger charge is -2.25. The van der Waals surface area contributed by atoms with Crippen LogP contribution in [-0.2, 0) is 14.8 Å². The summed E-state index contributed by atoms with van der Waals surface area (Å²) in [7, 11) is -3.49. The highest BCUT2D eigenvalue weighted by molar-refractivity contribution is 7.89. The van der Waals surface area contributed by atoms with Crippen molar-refractivity contribution < 1.29 is 17.9 Å². The zero-order chi connectivity index (χ0) is 20.0. The lowest BCUT2D eigenvalue weighted by atomic mass is 10.2. The predicted octanol–water partition coefficient (Wildman–Crippen LogP) is 2.75. The van der Waals surface area contributed by atoms with E-state index in [1.54, 1.807) is 36.4 Å². The molecule has 146 valence electrons. The van der Waals surface area contributed by atoms with Crippen LogP contribution in [0.1, 0.15) is 24.8 Å². The third-order valence-corrected chi connectivity index (χ3v) is 6.33. The van der Waals surface area contributed by atoms with Crippen LogP contribution in [-0.4, -0.2) is 38.3 Å². The third-order valence-electron chi connectivity index (χ3n) is 4.42. The van der Waals surface area contributed by atoms with Gasteiger partial charge in [0.15, 0.2) is 6.61 Å². The maximum Gasteiger partial charge on any atom is 0.262 e. The first-order chi connectivity index (χ1) is 13.5. The van der Waals surface area contributed by atoms with E-state index in [-0.39, 0.29) is 17.4 Å². The van der Waals surface area contributed by atoms with Gasteiger partial charge in [-0.05, 0) is 55.3 Å². The predicted molar refractivity (Wildman–Crippen MR) is 104 cm³/mol. The zero-order valence-corrected chi connectivity index (χ0v) is 16.1. The number of rotatable bonds is 6. The number of benzene rings is 2. The molecule has 2 aromatic carbocycles. The number of amides is 1. The van der Waals surface area contributed by atoms with Crippen LogP contribution in [0.25, 0.3) is 0 Å². The fourth-order valence-electron chi connectivity index (χ4n) is 2.97. The number of anilines is 1. The number of hydrogen-bond acceptors (Lipinski definition) is 5. The standard InChI is InChI=1S/C20H21N3O4S/c21-14-16-5-4-6-17(13-16)22-20(24)15-27-18-7-9-19(10-8-18)28(25,26)23-11-2-1-3-12-23/h4-10,13H,1-3,11-12,15H2,(H,22,24). The van der Waals surface area contributed by atoms with E-state index in [1.807, 2.05) is 6.07 Å². The van der Waals surface area contributed by atoms with E-state index in [0.717, 1.165) is 19.3 Å². The van der Waals surface area contributed by atoms with Crippen LogP contribution in [0.2, 0.25) is 0 Å². The van der Waals surface area contributed by atoms with Crippen LogP contribution in [0.3, 0.4) is 0 Å². The maximum atomic E-state index is 12.6. The summed E-state index contributed by atoms with van der Waals surface area (Å²) in [5.41, 5.74) is 0.958. The summed E-state index contributed by atoms with van der Waals surface area (Å²) < 4.78 is 32.2. The lowest BCUT2D eigenvalue weighted by molar-refractivity contribution is -0.118. The number of hydrogen-bond donors (Lipinski definition) is 1. The number of nitriles is 1. The topological polar surface area (TPSA) is 99.5 Å². The largest absolute Gasteiger partial charge is 0.484 e. The van der Waals surface area contributed by atoms with Crippen molar-refractivity contribution in [2.45, 2.75) is 24.2 Å². The summed E-state index contributed by atoms with van der Waals surface area (Å²) in [6.07, 6.45) is 2.82. The van der Waals surface area contributed by atoms with E-state index in [4.69, 9.17) is 10.00 Å². The zero-order valence-electron chi connectivity index (χ0n) is 15.3. The van der Waals surface area contributed by atoms with Gasteiger partial charge in [-0.25, -0.2) is 8.42 Å². The van der Waals surface area contributed by atoms with Gasteiger partial charge < -0.3 is 10.1 Å². The molecule has 1 amide bonds. The van der Waals surface area contributed by atoms with Gasteiger partial charge in [0.1, 0.15) is 5.75 Å². The van der Waals surface area contributed by atoms with Crippen molar-refractivity contribution in [2.75, 3.05) is 25.0 Å². The first kappa shape index (κ1) is 19.9. The van der Waals surface area contributed by atoms with Gasteiger partial charge in [-0.2, -0.15) is 9.57 Å². The molecule has 7 nitrogen and oxygen atoms in total. The number of sulfonamides is 1. The second-order valence-corrected chi connectivity index (χ2v) is 8.40. The summed E-state index contributed by atoms with van der Waals surface area (Å²) in [6.45, 7) is 0.872. The summed E-state index contributed by atoms with van der Waals surface area (Å²) in [4.78, 5) is 12.2. The molecule has 0 saturated carbocycles. The molecule has 1 aliphatic rings. The van der Waals surface area contributed by atoms with Crippen molar-refractivity contribution in [1.82, 2.24) is 4.31 Å². The van der Waals surface area contributed by atoms with Gasteiger partial charge in [-0.3, -0.25) is 4.79 Å². The second kappa shape index (κ2) is 8.87. The molecule has 3 rings (SSSR count). The van der Waals surface area contributed by atoms with E-state index < -0.39 is 10.0 Å². The van der Waals surface area contributed by atoms with Crippen LogP contribution in [0.5, 0.6) is 5.75 Å². The quantitative estimate of drug-likeness (QED) is 0.805. The second-order valence-electron chi connectivity index (χ2n) is 6.47. The van der Waals surface area contributed by atoms with E-state index >= 15 is 0 Å². The first-order valence-corrected chi connectivity index (χ1v) is 10.5. The number of piperidine rings is 1. The minimum Gasteiger partial charge on any atom is -0.484 e. The van der Waals surface area contributed by atoms with E-state index in [1.165, 1.54) is 16.4 Å². The molecular formula is C20H21N3O4S. The Balaban J connectivity index is 1.56. The molecule has 0 bridgehead atoms. The first-order valence-electron chi connectivity index (χ1n) is 9.02. The number of nitrogens with zero attached hydrogens (tertiary/aromatic N) is 2. The Bertz CT molecular complexity index is 975. The molecule has 2 aromatic rings. The third kappa shape index (κ3) is 4.88. The SMILES string of the molecule is N#Cc1cccc(NC(=O)COc2ccc(S(=O)(=O)N3CCCCC3)cc2)c1. The van der Waals surface area contributed by atoms with Crippen molar-refractivity contribution in [3.8, 4) is 11.8 Å². The summed E-state index contributed by atoms with van der Waals surface area (Å²) in [5, 5.41) is 11.5. The summed E-state index contributed by atoms with van der Waals surface area (Å²) in [6, 6.07) is 14.6. The fraction of sp³-hybridized carbons (Fsp3) is 0.300. The molecular weight excluding hydrogens is 378 g/mol. The molecule has 0 aliphatic carbocycles. The van der Waals surface area contributed by atoms with Crippen LogP contribution < -0.4 is 10.1 Å². The molecule has 0 aromatic heterocycles. The lowest BCUT2D eigenvalue weighted by Crippen LogP contribution is -2.35. The van der Waals surface area contributed by atoms with Gasteiger partial charge in [-0.1, -0.05) is 12.5 Å². The molecule has 1 aliphatic heterocycles. The van der Waals surface area contributed by atoms with E-state index in [9.17, 15) is 13.2 Å².